The first-order chi connectivity index (χ1) is 13.5. The van der Waals surface area contributed by atoms with Gasteiger partial charge in [-0.05, 0) is 42.5 Å². The zero-order chi connectivity index (χ0) is 20.4. The van der Waals surface area contributed by atoms with Gasteiger partial charge in [-0.15, -0.1) is 0 Å². The minimum atomic E-state index is -0.566. The van der Waals surface area contributed by atoms with E-state index >= 15 is 0 Å². The van der Waals surface area contributed by atoms with Crippen molar-refractivity contribution < 1.29 is 19.4 Å². The molecule has 2 N–H and O–H groups in total. The largest absolute Gasteiger partial charge is 0.491 e. The van der Waals surface area contributed by atoms with Crippen LogP contribution in [0.2, 0.25) is 0 Å². The first-order valence-electron chi connectivity index (χ1n) is 9.73. The van der Waals surface area contributed by atoms with E-state index in [0.29, 0.717) is 13.0 Å². The Hall–Kier alpha value is -2.37. The van der Waals surface area contributed by atoms with Crippen LogP contribution in [0.15, 0.2) is 54.6 Å². The molecule has 0 amide bonds. The van der Waals surface area contributed by atoms with Crippen molar-refractivity contribution in [3.8, 4) is 5.75 Å². The SMILES string of the molecule is COC(=O)CC(C)c1ccc(C[C@@H](C)NC[C@H](O)COc2ccccc2)cc1. The van der Waals surface area contributed by atoms with Crippen molar-refractivity contribution in [1.82, 2.24) is 5.32 Å². The second kappa shape index (κ2) is 11.5. The van der Waals surface area contributed by atoms with Crippen LogP contribution in [0.3, 0.4) is 0 Å². The fourth-order valence-electron chi connectivity index (χ4n) is 2.96. The zero-order valence-corrected chi connectivity index (χ0v) is 16.9. The Morgan fingerprint density at radius 2 is 1.75 bits per heavy atom. The van der Waals surface area contributed by atoms with E-state index in [0.717, 1.165) is 17.7 Å². The van der Waals surface area contributed by atoms with Gasteiger partial charge in [-0.1, -0.05) is 49.4 Å². The van der Waals surface area contributed by atoms with Crippen molar-refractivity contribution in [2.45, 2.75) is 44.8 Å². The summed E-state index contributed by atoms with van der Waals surface area (Å²) in [5.74, 6) is 0.706. The predicted molar refractivity (Wildman–Crippen MR) is 111 cm³/mol. The van der Waals surface area contributed by atoms with Gasteiger partial charge in [0.15, 0.2) is 0 Å². The fourth-order valence-corrected chi connectivity index (χ4v) is 2.96. The maximum atomic E-state index is 11.4. The number of aliphatic hydroxyl groups is 1. The monoisotopic (exact) mass is 385 g/mol. The molecular weight excluding hydrogens is 354 g/mol. The van der Waals surface area contributed by atoms with Gasteiger partial charge in [0.1, 0.15) is 18.5 Å². The smallest absolute Gasteiger partial charge is 0.306 e. The van der Waals surface area contributed by atoms with Crippen molar-refractivity contribution in [1.29, 1.82) is 0 Å². The molecule has 0 aliphatic carbocycles. The highest BCUT2D eigenvalue weighted by molar-refractivity contribution is 5.70. The van der Waals surface area contributed by atoms with Crippen LogP contribution in [0.4, 0.5) is 0 Å². The molecule has 0 bridgehead atoms. The number of ether oxygens (including phenoxy) is 2. The summed E-state index contributed by atoms with van der Waals surface area (Å²) in [5, 5.41) is 13.4. The molecule has 0 radical (unpaired) electrons. The van der Waals surface area contributed by atoms with E-state index in [-0.39, 0.29) is 24.5 Å². The Balaban J connectivity index is 1.71. The van der Waals surface area contributed by atoms with Gasteiger partial charge in [0, 0.05) is 12.6 Å². The molecule has 0 spiro atoms. The standard InChI is InChI=1S/C23H31NO4/c1-17(13-23(26)27-3)20-11-9-19(10-12-20)14-18(2)24-15-21(25)16-28-22-7-5-4-6-8-22/h4-12,17-18,21,24-25H,13-16H2,1-3H3/t17?,18-,21+/m1/s1. The first-order valence-corrected chi connectivity index (χ1v) is 9.73. The van der Waals surface area contributed by atoms with Crippen molar-refractivity contribution in [3.63, 3.8) is 0 Å². The molecule has 28 heavy (non-hydrogen) atoms. The number of rotatable bonds is 11. The van der Waals surface area contributed by atoms with Crippen LogP contribution in [0, 0.1) is 0 Å². The maximum Gasteiger partial charge on any atom is 0.306 e. The number of hydrogen-bond acceptors (Lipinski definition) is 5. The van der Waals surface area contributed by atoms with Crippen LogP contribution < -0.4 is 10.1 Å². The summed E-state index contributed by atoms with van der Waals surface area (Å²) in [5.41, 5.74) is 2.34. The van der Waals surface area contributed by atoms with Gasteiger partial charge in [-0.3, -0.25) is 4.79 Å². The molecular formula is C23H31NO4. The van der Waals surface area contributed by atoms with E-state index in [4.69, 9.17) is 9.47 Å². The molecule has 0 aromatic heterocycles. The second-order valence-corrected chi connectivity index (χ2v) is 7.21. The maximum absolute atomic E-state index is 11.4. The third-order valence-electron chi connectivity index (χ3n) is 4.68. The van der Waals surface area contributed by atoms with Crippen LogP contribution in [0.1, 0.15) is 37.3 Å². The molecule has 2 aromatic carbocycles. The topological polar surface area (TPSA) is 67.8 Å². The molecule has 2 rings (SSSR count). The van der Waals surface area contributed by atoms with E-state index in [1.165, 1.54) is 12.7 Å². The Labute approximate surface area is 167 Å². The number of carbonyl (C=O) groups excluding carboxylic acids is 1. The summed E-state index contributed by atoms with van der Waals surface area (Å²) >= 11 is 0. The van der Waals surface area contributed by atoms with Crippen molar-refractivity contribution in [2.24, 2.45) is 0 Å². The Morgan fingerprint density at radius 3 is 2.39 bits per heavy atom. The Kier molecular flexibility index (Phi) is 8.98. The van der Waals surface area contributed by atoms with Crippen LogP contribution in [-0.4, -0.2) is 43.5 Å². The highest BCUT2D eigenvalue weighted by Crippen LogP contribution is 2.20. The first kappa shape index (κ1) is 21.9. The van der Waals surface area contributed by atoms with Gasteiger partial charge >= 0.3 is 5.97 Å². The van der Waals surface area contributed by atoms with Gasteiger partial charge in [-0.25, -0.2) is 0 Å². The van der Waals surface area contributed by atoms with Gasteiger partial charge in [0.2, 0.25) is 0 Å². The Bertz CT molecular complexity index is 702. The van der Waals surface area contributed by atoms with E-state index in [9.17, 15) is 9.90 Å². The normalized spacial score (nSPS) is 14.1. The summed E-state index contributed by atoms with van der Waals surface area (Å²) in [4.78, 5) is 11.4. The number of nitrogens with one attached hydrogen (secondary N) is 1. The number of aliphatic hydroxyl groups excluding tert-OH is 1. The summed E-state index contributed by atoms with van der Waals surface area (Å²) < 4.78 is 10.3. The third kappa shape index (κ3) is 7.71. The lowest BCUT2D eigenvalue weighted by molar-refractivity contribution is -0.140. The number of para-hydroxylation sites is 1. The van der Waals surface area contributed by atoms with Crippen LogP contribution >= 0.6 is 0 Å². The highest BCUT2D eigenvalue weighted by atomic mass is 16.5. The van der Waals surface area contributed by atoms with Crippen LogP contribution in [-0.2, 0) is 16.0 Å². The lowest BCUT2D eigenvalue weighted by atomic mass is 9.95. The molecule has 0 saturated heterocycles. The lowest BCUT2D eigenvalue weighted by Gasteiger charge is -2.18. The van der Waals surface area contributed by atoms with Crippen LogP contribution in [0.25, 0.3) is 0 Å². The number of esters is 1. The molecule has 2 aromatic rings. The highest BCUT2D eigenvalue weighted by Gasteiger charge is 2.12. The molecule has 5 nitrogen and oxygen atoms in total. The molecule has 0 aliphatic heterocycles. The average Bonchev–Trinajstić information content (AvgIpc) is 2.71. The van der Waals surface area contributed by atoms with E-state index in [1.807, 2.05) is 37.3 Å². The molecule has 0 heterocycles. The second-order valence-electron chi connectivity index (χ2n) is 7.21. The molecule has 0 aliphatic rings. The third-order valence-corrected chi connectivity index (χ3v) is 4.68. The number of hydrogen-bond donors (Lipinski definition) is 2. The summed E-state index contributed by atoms with van der Waals surface area (Å²) in [6.07, 6.45) is 0.679. The minimum Gasteiger partial charge on any atom is -0.491 e. The molecule has 3 atom stereocenters. The Morgan fingerprint density at radius 1 is 1.07 bits per heavy atom. The van der Waals surface area contributed by atoms with Gasteiger partial charge in [0.05, 0.1) is 13.5 Å². The van der Waals surface area contributed by atoms with Crippen molar-refractivity contribution in [3.05, 3.63) is 65.7 Å². The van der Waals surface area contributed by atoms with Gasteiger partial charge < -0.3 is 19.9 Å². The van der Waals surface area contributed by atoms with Crippen molar-refractivity contribution in [2.75, 3.05) is 20.3 Å². The summed E-state index contributed by atoms with van der Waals surface area (Å²) in [7, 11) is 1.41. The lowest BCUT2D eigenvalue weighted by Crippen LogP contribution is -2.37. The summed E-state index contributed by atoms with van der Waals surface area (Å²) in [6, 6.07) is 18.0. The number of benzene rings is 2. The van der Waals surface area contributed by atoms with E-state index in [1.54, 1.807) is 0 Å². The van der Waals surface area contributed by atoms with Gasteiger partial charge in [-0.2, -0.15) is 0 Å². The van der Waals surface area contributed by atoms with Crippen molar-refractivity contribution >= 4 is 5.97 Å². The molecule has 0 fully saturated rings. The zero-order valence-electron chi connectivity index (χ0n) is 16.9. The number of methoxy groups -OCH3 is 1. The average molecular weight is 386 g/mol. The molecule has 0 saturated carbocycles. The number of carbonyl (C=O) groups is 1. The fraction of sp³-hybridized carbons (Fsp3) is 0.435. The van der Waals surface area contributed by atoms with Gasteiger partial charge in [0.25, 0.3) is 0 Å². The predicted octanol–water partition coefficient (Wildman–Crippen LogP) is 3.31. The van der Waals surface area contributed by atoms with Crippen LogP contribution in [0.5, 0.6) is 5.75 Å². The molecule has 5 heteroatoms. The van der Waals surface area contributed by atoms with E-state index in [2.05, 4.69) is 36.5 Å². The van der Waals surface area contributed by atoms with E-state index < -0.39 is 6.10 Å². The minimum absolute atomic E-state index is 0.136. The summed E-state index contributed by atoms with van der Waals surface area (Å²) in [6.45, 7) is 4.85. The molecule has 1 unspecified atom stereocenters. The quantitative estimate of drug-likeness (QED) is 0.581. The molecule has 152 valence electrons.